The van der Waals surface area contributed by atoms with Crippen molar-refractivity contribution in [1.82, 2.24) is 5.32 Å². The van der Waals surface area contributed by atoms with Crippen LogP contribution in [-0.2, 0) is 0 Å². The van der Waals surface area contributed by atoms with Crippen molar-refractivity contribution in [2.75, 3.05) is 12.3 Å². The predicted octanol–water partition coefficient (Wildman–Crippen LogP) is 4.24. The Bertz CT molecular complexity index is 299. The summed E-state index contributed by atoms with van der Waals surface area (Å²) in [4.78, 5) is 1.40. The van der Waals surface area contributed by atoms with Crippen LogP contribution in [0, 0.1) is 5.92 Å². The van der Waals surface area contributed by atoms with Gasteiger partial charge in [0, 0.05) is 9.35 Å². The van der Waals surface area contributed by atoms with Gasteiger partial charge in [-0.05, 0) is 56.1 Å². The number of hydrogen-bond acceptors (Lipinski definition) is 3. The van der Waals surface area contributed by atoms with Crippen LogP contribution in [-0.4, -0.2) is 12.3 Å². The fourth-order valence-corrected chi connectivity index (χ4v) is 4.84. The molecule has 0 amide bonds. The van der Waals surface area contributed by atoms with E-state index < -0.39 is 0 Å². The molecule has 0 aliphatic carbocycles. The van der Waals surface area contributed by atoms with Crippen molar-refractivity contribution in [3.05, 3.63) is 19.2 Å². The Labute approximate surface area is 109 Å². The summed E-state index contributed by atoms with van der Waals surface area (Å²) in [5.74, 6) is 2.05. The lowest BCUT2D eigenvalue weighted by Crippen LogP contribution is -2.30. The first-order valence-electron chi connectivity index (χ1n) is 4.46. The molecule has 2 heterocycles. The number of halogens is 2. The molecule has 5 heteroatoms. The maximum atomic E-state index is 3.56. The molecule has 78 valence electrons. The van der Waals surface area contributed by atoms with E-state index in [0.717, 1.165) is 12.5 Å². The molecule has 1 aromatic rings. The summed E-state index contributed by atoms with van der Waals surface area (Å²) in [6.07, 6.45) is 0. The summed E-state index contributed by atoms with van der Waals surface area (Å²) < 4.78 is 2.35. The summed E-state index contributed by atoms with van der Waals surface area (Å²) in [6, 6.07) is 2.20. The van der Waals surface area contributed by atoms with E-state index in [1.165, 1.54) is 18.9 Å². The molecule has 1 aliphatic rings. The Balaban J connectivity index is 2.08. The molecule has 1 saturated heterocycles. The summed E-state index contributed by atoms with van der Waals surface area (Å²) in [6.45, 7) is 3.42. The minimum absolute atomic E-state index is 0.485. The van der Waals surface area contributed by atoms with Crippen LogP contribution in [0.5, 0.6) is 0 Å². The van der Waals surface area contributed by atoms with Gasteiger partial charge in [-0.25, -0.2) is 0 Å². The van der Waals surface area contributed by atoms with E-state index in [2.05, 4.69) is 50.2 Å². The molecule has 2 rings (SSSR count). The lowest BCUT2D eigenvalue weighted by molar-refractivity contribution is 0.532. The van der Waals surface area contributed by atoms with Crippen LogP contribution in [0.25, 0.3) is 0 Å². The lowest BCUT2D eigenvalue weighted by Gasteiger charge is -2.26. The third kappa shape index (κ3) is 2.55. The largest absolute Gasteiger partial charge is 0.301 e. The first-order valence-corrected chi connectivity index (χ1v) is 7.91. The van der Waals surface area contributed by atoms with Crippen molar-refractivity contribution in [1.29, 1.82) is 0 Å². The zero-order valence-electron chi connectivity index (χ0n) is 7.72. The summed E-state index contributed by atoms with van der Waals surface area (Å²) in [5.41, 5.74) is 0. The Morgan fingerprint density at radius 2 is 2.29 bits per heavy atom. The number of thiophene rings is 1. The molecule has 0 aromatic carbocycles. The van der Waals surface area contributed by atoms with E-state index in [9.17, 15) is 0 Å². The van der Waals surface area contributed by atoms with Crippen molar-refractivity contribution in [3.8, 4) is 0 Å². The van der Waals surface area contributed by atoms with Crippen LogP contribution in [0.1, 0.15) is 17.2 Å². The van der Waals surface area contributed by atoms with Crippen LogP contribution in [0.2, 0.25) is 0 Å². The van der Waals surface area contributed by atoms with E-state index in [1.54, 1.807) is 0 Å². The molecule has 0 saturated carbocycles. The number of thioether (sulfide) groups is 1. The summed E-state index contributed by atoms with van der Waals surface area (Å²) in [5, 5.41) is 4.04. The molecule has 1 aromatic heterocycles. The number of rotatable bonds is 1. The van der Waals surface area contributed by atoms with Gasteiger partial charge >= 0.3 is 0 Å². The molecular formula is C9H11Br2NS2. The van der Waals surface area contributed by atoms with Gasteiger partial charge in [0.25, 0.3) is 0 Å². The van der Waals surface area contributed by atoms with Gasteiger partial charge in [0.1, 0.15) is 0 Å². The smallest absolute Gasteiger partial charge is 0.0883 e. The molecule has 1 N–H and O–H groups in total. The van der Waals surface area contributed by atoms with E-state index in [4.69, 9.17) is 0 Å². The fourth-order valence-electron chi connectivity index (χ4n) is 1.36. The van der Waals surface area contributed by atoms with E-state index in [-0.39, 0.29) is 0 Å². The fraction of sp³-hybridized carbons (Fsp3) is 0.556. The van der Waals surface area contributed by atoms with Crippen LogP contribution < -0.4 is 5.32 Å². The second kappa shape index (κ2) is 4.87. The molecule has 2 unspecified atom stereocenters. The van der Waals surface area contributed by atoms with Gasteiger partial charge in [-0.1, -0.05) is 6.92 Å². The third-order valence-corrected chi connectivity index (χ3v) is 7.11. The van der Waals surface area contributed by atoms with Crippen molar-refractivity contribution in [2.45, 2.75) is 12.3 Å². The number of nitrogens with one attached hydrogen (secondary N) is 1. The minimum atomic E-state index is 0.485. The highest BCUT2D eigenvalue weighted by molar-refractivity contribution is 9.13. The minimum Gasteiger partial charge on any atom is -0.301 e. The predicted molar refractivity (Wildman–Crippen MR) is 72.1 cm³/mol. The van der Waals surface area contributed by atoms with Crippen LogP contribution in [0.3, 0.4) is 0 Å². The van der Waals surface area contributed by atoms with Gasteiger partial charge in [0.05, 0.1) is 9.16 Å². The average Bonchev–Trinajstić information content (AvgIpc) is 2.48. The summed E-state index contributed by atoms with van der Waals surface area (Å²) >= 11 is 10.9. The molecule has 2 atom stereocenters. The Hall–Kier alpha value is 0.970. The van der Waals surface area contributed by atoms with Crippen LogP contribution in [0.4, 0.5) is 0 Å². The molecule has 1 aliphatic heterocycles. The molecule has 0 bridgehead atoms. The van der Waals surface area contributed by atoms with Crippen molar-refractivity contribution in [3.63, 3.8) is 0 Å². The van der Waals surface area contributed by atoms with E-state index in [0.29, 0.717) is 5.37 Å². The van der Waals surface area contributed by atoms with Crippen LogP contribution >= 0.6 is 55.0 Å². The Morgan fingerprint density at radius 1 is 1.50 bits per heavy atom. The highest BCUT2D eigenvalue weighted by Gasteiger charge is 2.21. The molecule has 14 heavy (non-hydrogen) atoms. The van der Waals surface area contributed by atoms with Crippen LogP contribution in [0.15, 0.2) is 14.3 Å². The maximum Gasteiger partial charge on any atom is 0.0883 e. The van der Waals surface area contributed by atoms with Crippen molar-refractivity contribution in [2.24, 2.45) is 5.92 Å². The van der Waals surface area contributed by atoms with Gasteiger partial charge in [-0.3, -0.25) is 0 Å². The monoisotopic (exact) mass is 355 g/mol. The third-order valence-electron chi connectivity index (χ3n) is 2.12. The normalized spacial score (nSPS) is 27.9. The van der Waals surface area contributed by atoms with Crippen molar-refractivity contribution < 1.29 is 0 Å². The van der Waals surface area contributed by atoms with Gasteiger partial charge < -0.3 is 5.32 Å². The van der Waals surface area contributed by atoms with E-state index >= 15 is 0 Å². The van der Waals surface area contributed by atoms with Crippen molar-refractivity contribution >= 4 is 55.0 Å². The van der Waals surface area contributed by atoms with E-state index in [1.807, 2.05) is 23.1 Å². The van der Waals surface area contributed by atoms with Gasteiger partial charge in [-0.15, -0.1) is 23.1 Å². The second-order valence-electron chi connectivity index (χ2n) is 3.50. The topological polar surface area (TPSA) is 12.0 Å². The standard InChI is InChI=1S/C9H11Br2NS2/c1-5-3-12-9(13-4-5)7-2-6(10)8(11)14-7/h2,5,9,12H,3-4H2,1H3. The Morgan fingerprint density at radius 3 is 2.79 bits per heavy atom. The maximum absolute atomic E-state index is 3.56. The lowest BCUT2D eigenvalue weighted by atomic mass is 10.2. The quantitative estimate of drug-likeness (QED) is 0.807. The highest BCUT2D eigenvalue weighted by Crippen LogP contribution is 2.40. The zero-order valence-corrected chi connectivity index (χ0v) is 12.5. The molecule has 0 radical (unpaired) electrons. The van der Waals surface area contributed by atoms with Gasteiger partial charge in [-0.2, -0.15) is 0 Å². The first kappa shape index (κ1) is 11.5. The van der Waals surface area contributed by atoms with Gasteiger partial charge in [0.2, 0.25) is 0 Å². The summed E-state index contributed by atoms with van der Waals surface area (Å²) in [7, 11) is 0. The highest BCUT2D eigenvalue weighted by atomic mass is 79.9. The Kier molecular flexibility index (Phi) is 3.98. The zero-order chi connectivity index (χ0) is 10.1. The second-order valence-corrected chi connectivity index (χ2v) is 7.89. The first-order chi connectivity index (χ1) is 6.66. The SMILES string of the molecule is CC1CNC(c2cc(Br)c(Br)s2)SC1. The van der Waals surface area contributed by atoms with Gasteiger partial charge in [0.15, 0.2) is 0 Å². The molecule has 0 spiro atoms. The molecule has 1 nitrogen and oxygen atoms in total. The average molecular weight is 357 g/mol. The molecular weight excluding hydrogens is 346 g/mol. The number of hydrogen-bond donors (Lipinski definition) is 1. The molecule has 1 fully saturated rings.